The summed E-state index contributed by atoms with van der Waals surface area (Å²) < 4.78 is 5.59. The molecule has 1 aliphatic heterocycles. The van der Waals surface area contributed by atoms with E-state index in [4.69, 9.17) is 10.5 Å². The molecule has 1 unspecified atom stereocenters. The van der Waals surface area contributed by atoms with Crippen LogP contribution < -0.4 is 15.4 Å². The third kappa shape index (κ3) is 2.03. The molecule has 2 rings (SSSR count). The quantitative estimate of drug-likeness (QED) is 0.789. The molecule has 1 aliphatic rings. The maximum absolute atomic E-state index is 9.76. The van der Waals surface area contributed by atoms with E-state index in [9.17, 15) is 5.11 Å². The van der Waals surface area contributed by atoms with Crippen LogP contribution in [0, 0.1) is 0 Å². The summed E-state index contributed by atoms with van der Waals surface area (Å²) in [7, 11) is 3.75. The first kappa shape index (κ1) is 12.9. The second kappa shape index (κ2) is 4.80. The molecule has 3 N–H and O–H groups in total. The molecule has 0 amide bonds. The molecule has 0 bridgehead atoms. The van der Waals surface area contributed by atoms with Crippen molar-refractivity contribution in [2.24, 2.45) is 5.73 Å². The summed E-state index contributed by atoms with van der Waals surface area (Å²) in [6, 6.07) is 3.51. The average Bonchev–Trinajstić information content (AvgIpc) is 2.17. The summed E-state index contributed by atoms with van der Waals surface area (Å²) in [5.41, 5.74) is 7.67. The number of nitrogens with zero attached hydrogens (tertiary/aromatic N) is 1. The summed E-state index contributed by atoms with van der Waals surface area (Å²) in [5, 5.41) is 9.76. The van der Waals surface area contributed by atoms with Crippen molar-refractivity contribution in [1.82, 2.24) is 0 Å². The predicted molar refractivity (Wildman–Crippen MR) is 66.7 cm³/mol. The minimum atomic E-state index is 0. The number of aromatic hydroxyl groups is 1. The molecule has 4 nitrogen and oxygen atoms in total. The fraction of sp³-hybridized carbons (Fsp3) is 0.455. The number of rotatable bonds is 1. The first-order chi connectivity index (χ1) is 7.11. The molecule has 0 aromatic heterocycles. The van der Waals surface area contributed by atoms with E-state index >= 15 is 0 Å². The Morgan fingerprint density at radius 3 is 2.75 bits per heavy atom. The summed E-state index contributed by atoms with van der Waals surface area (Å²) >= 11 is 0. The van der Waals surface area contributed by atoms with Gasteiger partial charge in [-0.15, -0.1) is 12.4 Å². The van der Waals surface area contributed by atoms with Gasteiger partial charge in [-0.1, -0.05) is 0 Å². The number of halogens is 1. The SMILES string of the molecule is CN(C)c1c(O)ccc2c1OCCC2N.Cl. The van der Waals surface area contributed by atoms with Crippen molar-refractivity contribution in [3.63, 3.8) is 0 Å². The van der Waals surface area contributed by atoms with Crippen LogP contribution in [0.3, 0.4) is 0 Å². The van der Waals surface area contributed by atoms with Crippen LogP contribution >= 0.6 is 12.4 Å². The number of phenolic OH excluding ortho intramolecular Hbond substituents is 1. The van der Waals surface area contributed by atoms with Crippen molar-refractivity contribution in [3.8, 4) is 11.5 Å². The maximum atomic E-state index is 9.76. The highest BCUT2D eigenvalue weighted by Gasteiger charge is 2.23. The zero-order chi connectivity index (χ0) is 11.0. The van der Waals surface area contributed by atoms with E-state index < -0.39 is 0 Å². The zero-order valence-electron chi connectivity index (χ0n) is 9.43. The number of phenols is 1. The minimum Gasteiger partial charge on any atom is -0.506 e. The highest BCUT2D eigenvalue weighted by Crippen LogP contribution is 2.43. The van der Waals surface area contributed by atoms with Gasteiger partial charge in [-0.25, -0.2) is 0 Å². The predicted octanol–water partition coefficient (Wildman–Crippen LogP) is 1.66. The number of ether oxygens (including phenoxy) is 1. The molecule has 1 aromatic carbocycles. The molecule has 0 aliphatic carbocycles. The van der Waals surface area contributed by atoms with E-state index in [1.807, 2.05) is 25.1 Å². The fourth-order valence-electron chi connectivity index (χ4n) is 1.90. The van der Waals surface area contributed by atoms with Gasteiger partial charge in [0, 0.05) is 32.1 Å². The highest BCUT2D eigenvalue weighted by molar-refractivity contribution is 5.85. The number of hydrogen-bond donors (Lipinski definition) is 2. The van der Waals surface area contributed by atoms with Crippen molar-refractivity contribution in [3.05, 3.63) is 17.7 Å². The number of anilines is 1. The average molecular weight is 245 g/mol. The molecule has 0 fully saturated rings. The normalized spacial score (nSPS) is 18.1. The second-order valence-corrected chi connectivity index (χ2v) is 3.99. The Hall–Kier alpha value is -1.13. The smallest absolute Gasteiger partial charge is 0.151 e. The Morgan fingerprint density at radius 2 is 2.12 bits per heavy atom. The largest absolute Gasteiger partial charge is 0.506 e. The second-order valence-electron chi connectivity index (χ2n) is 3.99. The van der Waals surface area contributed by atoms with Gasteiger partial charge in [0.25, 0.3) is 0 Å². The Bertz CT molecular complexity index is 382. The van der Waals surface area contributed by atoms with Gasteiger partial charge >= 0.3 is 0 Å². The number of nitrogens with two attached hydrogens (primary N) is 1. The number of hydrogen-bond acceptors (Lipinski definition) is 4. The van der Waals surface area contributed by atoms with E-state index in [0.29, 0.717) is 12.3 Å². The maximum Gasteiger partial charge on any atom is 0.151 e. The van der Waals surface area contributed by atoms with Crippen molar-refractivity contribution in [2.45, 2.75) is 12.5 Å². The van der Waals surface area contributed by atoms with Gasteiger partial charge in [0.05, 0.1) is 6.61 Å². The number of benzene rings is 1. The van der Waals surface area contributed by atoms with Crippen molar-refractivity contribution in [1.29, 1.82) is 0 Å². The topological polar surface area (TPSA) is 58.7 Å². The molecule has 0 spiro atoms. The van der Waals surface area contributed by atoms with Gasteiger partial charge in [0.15, 0.2) is 5.75 Å². The lowest BCUT2D eigenvalue weighted by Crippen LogP contribution is -2.22. The zero-order valence-corrected chi connectivity index (χ0v) is 10.3. The number of fused-ring (bicyclic) bond motifs is 1. The molecular formula is C11H17ClN2O2. The third-order valence-electron chi connectivity index (χ3n) is 2.66. The standard InChI is InChI=1S/C11H16N2O2.ClH/c1-13(2)10-9(14)4-3-7-8(12)5-6-15-11(7)10;/h3-4,8,14H,5-6,12H2,1-2H3;1H. The van der Waals surface area contributed by atoms with Gasteiger partial charge in [-0.05, 0) is 12.1 Å². The van der Waals surface area contributed by atoms with E-state index in [2.05, 4.69) is 0 Å². The molecule has 1 aromatic rings. The lowest BCUT2D eigenvalue weighted by atomic mass is 10.00. The summed E-state index contributed by atoms with van der Waals surface area (Å²) in [6.45, 7) is 0.610. The molecule has 0 saturated heterocycles. The van der Waals surface area contributed by atoms with Gasteiger partial charge in [0.2, 0.25) is 0 Å². The van der Waals surface area contributed by atoms with Crippen LogP contribution in [0.1, 0.15) is 18.0 Å². The van der Waals surface area contributed by atoms with Gasteiger partial charge < -0.3 is 20.5 Å². The first-order valence-corrected chi connectivity index (χ1v) is 5.03. The van der Waals surface area contributed by atoms with E-state index in [1.54, 1.807) is 6.07 Å². The van der Waals surface area contributed by atoms with Crippen LogP contribution in [-0.2, 0) is 0 Å². The van der Waals surface area contributed by atoms with Crippen molar-refractivity contribution >= 4 is 18.1 Å². The molecule has 0 saturated carbocycles. The molecule has 16 heavy (non-hydrogen) atoms. The van der Waals surface area contributed by atoms with Gasteiger partial charge in [-0.3, -0.25) is 0 Å². The summed E-state index contributed by atoms with van der Waals surface area (Å²) in [6.07, 6.45) is 0.824. The highest BCUT2D eigenvalue weighted by atomic mass is 35.5. The minimum absolute atomic E-state index is 0. The Kier molecular flexibility index (Phi) is 3.88. The van der Waals surface area contributed by atoms with E-state index in [0.717, 1.165) is 17.7 Å². The lowest BCUT2D eigenvalue weighted by molar-refractivity contribution is 0.268. The fourth-order valence-corrected chi connectivity index (χ4v) is 1.90. The van der Waals surface area contributed by atoms with Crippen molar-refractivity contribution in [2.75, 3.05) is 25.6 Å². The van der Waals surface area contributed by atoms with Crippen molar-refractivity contribution < 1.29 is 9.84 Å². The molecule has 5 heteroatoms. The monoisotopic (exact) mass is 244 g/mol. The summed E-state index contributed by atoms with van der Waals surface area (Å²) in [4.78, 5) is 1.84. The third-order valence-corrected chi connectivity index (χ3v) is 2.66. The Balaban J connectivity index is 0.00000128. The van der Waals surface area contributed by atoms with Crippen LogP contribution in [0.4, 0.5) is 5.69 Å². The molecule has 90 valence electrons. The van der Waals surface area contributed by atoms with E-state index in [-0.39, 0.29) is 24.2 Å². The molecule has 0 radical (unpaired) electrons. The molecule has 1 atom stereocenters. The van der Waals surface area contributed by atoms with Crippen LogP contribution in [0.5, 0.6) is 11.5 Å². The molecule has 1 heterocycles. The Morgan fingerprint density at radius 1 is 1.44 bits per heavy atom. The van der Waals surface area contributed by atoms with Crippen LogP contribution in [0.2, 0.25) is 0 Å². The van der Waals surface area contributed by atoms with Gasteiger partial charge in [-0.2, -0.15) is 0 Å². The lowest BCUT2D eigenvalue weighted by Gasteiger charge is -2.28. The Labute approximate surface area is 101 Å². The van der Waals surface area contributed by atoms with Crippen LogP contribution in [0.25, 0.3) is 0 Å². The van der Waals surface area contributed by atoms with Crippen LogP contribution in [-0.4, -0.2) is 25.8 Å². The van der Waals surface area contributed by atoms with Crippen LogP contribution in [0.15, 0.2) is 12.1 Å². The van der Waals surface area contributed by atoms with E-state index in [1.165, 1.54) is 0 Å². The first-order valence-electron chi connectivity index (χ1n) is 5.03. The van der Waals surface area contributed by atoms with Gasteiger partial charge in [0.1, 0.15) is 11.4 Å². The summed E-state index contributed by atoms with van der Waals surface area (Å²) in [5.74, 6) is 0.951. The molecular weight excluding hydrogens is 228 g/mol.